The van der Waals surface area contributed by atoms with Crippen LogP contribution in [-0.2, 0) is 29.7 Å². The lowest BCUT2D eigenvalue weighted by atomic mass is 10.1. The quantitative estimate of drug-likeness (QED) is 0.818. The van der Waals surface area contributed by atoms with Crippen LogP contribution in [0.15, 0.2) is 36.7 Å². The van der Waals surface area contributed by atoms with E-state index in [2.05, 4.69) is 4.98 Å². The van der Waals surface area contributed by atoms with Crippen molar-refractivity contribution < 1.29 is 14.3 Å². The third-order valence-electron chi connectivity index (χ3n) is 4.55. The number of aromatic nitrogens is 2. The van der Waals surface area contributed by atoms with E-state index in [1.807, 2.05) is 42.1 Å². The molecule has 1 aromatic heterocycles. The van der Waals surface area contributed by atoms with Crippen molar-refractivity contribution >= 4 is 11.8 Å². The predicted octanol–water partition coefficient (Wildman–Crippen LogP) is 1.19. The van der Waals surface area contributed by atoms with Gasteiger partial charge in [0.15, 0.2) is 0 Å². The molecule has 1 atom stereocenters. The van der Waals surface area contributed by atoms with E-state index in [0.717, 1.165) is 17.1 Å². The molecular formula is C18H22N4O3. The van der Waals surface area contributed by atoms with Crippen LogP contribution < -0.4 is 4.74 Å². The molecule has 0 spiro atoms. The highest BCUT2D eigenvalue weighted by atomic mass is 16.5. The molecular weight excluding hydrogens is 320 g/mol. The van der Waals surface area contributed by atoms with Crippen LogP contribution >= 0.6 is 0 Å². The number of carbonyl (C=O) groups is 2. The van der Waals surface area contributed by atoms with Gasteiger partial charge in [-0.05, 0) is 24.6 Å². The number of amides is 2. The third-order valence-corrected chi connectivity index (χ3v) is 4.55. The van der Waals surface area contributed by atoms with E-state index >= 15 is 0 Å². The molecule has 0 radical (unpaired) electrons. The highest BCUT2D eigenvalue weighted by Gasteiger charge is 2.36. The highest BCUT2D eigenvalue weighted by Crippen LogP contribution is 2.19. The summed E-state index contributed by atoms with van der Waals surface area (Å²) >= 11 is 0. The number of ether oxygens (including phenoxy) is 1. The number of aryl methyl sites for hydroxylation is 1. The van der Waals surface area contributed by atoms with E-state index in [4.69, 9.17) is 4.74 Å². The molecule has 1 fully saturated rings. The SMILES string of the molecule is COc1ccc(CN2CC(=O)N(Cc3nccn3C)[C@@H](C)C2=O)cc1. The van der Waals surface area contributed by atoms with Crippen LogP contribution in [0.2, 0.25) is 0 Å². The van der Waals surface area contributed by atoms with E-state index in [9.17, 15) is 9.59 Å². The first-order chi connectivity index (χ1) is 12.0. The average Bonchev–Trinajstić information content (AvgIpc) is 3.02. The van der Waals surface area contributed by atoms with Gasteiger partial charge in [-0.3, -0.25) is 9.59 Å². The lowest BCUT2D eigenvalue weighted by Gasteiger charge is -2.38. The molecule has 2 amide bonds. The fourth-order valence-corrected chi connectivity index (χ4v) is 2.96. The van der Waals surface area contributed by atoms with Crippen molar-refractivity contribution in [2.24, 2.45) is 7.05 Å². The molecule has 0 N–H and O–H groups in total. The van der Waals surface area contributed by atoms with E-state index < -0.39 is 6.04 Å². The first kappa shape index (κ1) is 17.0. The maximum absolute atomic E-state index is 12.7. The molecule has 0 aliphatic carbocycles. The molecule has 7 heteroatoms. The summed E-state index contributed by atoms with van der Waals surface area (Å²) in [5, 5.41) is 0. The molecule has 132 valence electrons. The summed E-state index contributed by atoms with van der Waals surface area (Å²) in [6.07, 6.45) is 3.51. The van der Waals surface area contributed by atoms with Gasteiger partial charge >= 0.3 is 0 Å². The Morgan fingerprint density at radius 3 is 2.52 bits per heavy atom. The molecule has 2 aromatic rings. The molecule has 0 unspecified atom stereocenters. The lowest BCUT2D eigenvalue weighted by Crippen LogP contribution is -2.58. The fourth-order valence-electron chi connectivity index (χ4n) is 2.96. The predicted molar refractivity (Wildman–Crippen MR) is 91.6 cm³/mol. The van der Waals surface area contributed by atoms with Gasteiger partial charge in [-0.2, -0.15) is 0 Å². The Kier molecular flexibility index (Phi) is 4.74. The normalized spacial score (nSPS) is 18.0. The van der Waals surface area contributed by atoms with E-state index in [0.29, 0.717) is 13.1 Å². The Morgan fingerprint density at radius 2 is 1.92 bits per heavy atom. The summed E-state index contributed by atoms with van der Waals surface area (Å²) in [4.78, 5) is 32.7. The number of hydrogen-bond donors (Lipinski definition) is 0. The minimum atomic E-state index is -0.504. The van der Waals surface area contributed by atoms with Gasteiger partial charge in [0, 0.05) is 26.0 Å². The first-order valence-electron chi connectivity index (χ1n) is 8.17. The average molecular weight is 342 g/mol. The van der Waals surface area contributed by atoms with Gasteiger partial charge in [0.05, 0.1) is 13.7 Å². The Hall–Kier alpha value is -2.83. The molecule has 1 saturated heterocycles. The number of methoxy groups -OCH3 is 1. The van der Waals surface area contributed by atoms with Gasteiger partial charge < -0.3 is 19.1 Å². The smallest absolute Gasteiger partial charge is 0.245 e. The minimum Gasteiger partial charge on any atom is -0.497 e. The van der Waals surface area contributed by atoms with Crippen LogP contribution in [0.4, 0.5) is 0 Å². The molecule has 3 rings (SSSR count). The van der Waals surface area contributed by atoms with Crippen molar-refractivity contribution in [1.82, 2.24) is 19.4 Å². The van der Waals surface area contributed by atoms with Crippen LogP contribution in [0, 0.1) is 0 Å². The van der Waals surface area contributed by atoms with Gasteiger partial charge in [0.2, 0.25) is 11.8 Å². The molecule has 1 aromatic carbocycles. The number of benzene rings is 1. The number of carbonyl (C=O) groups excluding carboxylic acids is 2. The van der Waals surface area contributed by atoms with Crippen molar-refractivity contribution in [3.8, 4) is 5.75 Å². The molecule has 0 bridgehead atoms. The van der Waals surface area contributed by atoms with E-state index in [-0.39, 0.29) is 18.4 Å². The van der Waals surface area contributed by atoms with Crippen LogP contribution in [0.3, 0.4) is 0 Å². The Morgan fingerprint density at radius 1 is 1.20 bits per heavy atom. The number of imidazole rings is 1. The number of hydrogen-bond acceptors (Lipinski definition) is 4. The standard InChI is InChI=1S/C18H22N4O3/c1-13-18(24)21(10-14-4-6-15(25-3)7-5-14)12-17(23)22(13)11-16-19-8-9-20(16)2/h4-9,13H,10-12H2,1-3H3/t13-/m0/s1. The van der Waals surface area contributed by atoms with Crippen molar-refractivity contribution in [3.05, 3.63) is 48.0 Å². The molecule has 0 saturated carbocycles. The van der Waals surface area contributed by atoms with Crippen LogP contribution in [0.1, 0.15) is 18.3 Å². The van der Waals surface area contributed by atoms with E-state index in [1.54, 1.807) is 30.0 Å². The van der Waals surface area contributed by atoms with Gasteiger partial charge in [-0.15, -0.1) is 0 Å². The van der Waals surface area contributed by atoms with Crippen molar-refractivity contribution in [3.63, 3.8) is 0 Å². The maximum atomic E-state index is 12.7. The Bertz CT molecular complexity index is 769. The fraction of sp³-hybridized carbons (Fsp3) is 0.389. The van der Waals surface area contributed by atoms with Crippen LogP contribution in [0.25, 0.3) is 0 Å². The zero-order valence-electron chi connectivity index (χ0n) is 14.7. The lowest BCUT2D eigenvalue weighted by molar-refractivity contribution is -0.156. The summed E-state index contributed by atoms with van der Waals surface area (Å²) in [6, 6.07) is 7.00. The van der Waals surface area contributed by atoms with Crippen molar-refractivity contribution in [1.29, 1.82) is 0 Å². The van der Waals surface area contributed by atoms with Crippen molar-refractivity contribution in [2.45, 2.75) is 26.1 Å². The highest BCUT2D eigenvalue weighted by molar-refractivity contribution is 5.94. The summed E-state index contributed by atoms with van der Waals surface area (Å²) in [5.41, 5.74) is 0.965. The van der Waals surface area contributed by atoms with Gasteiger partial charge in [-0.1, -0.05) is 12.1 Å². The Balaban J connectivity index is 1.70. The molecule has 1 aliphatic heterocycles. The number of piperazine rings is 1. The van der Waals surface area contributed by atoms with Gasteiger partial charge in [-0.25, -0.2) is 4.98 Å². The zero-order valence-corrected chi connectivity index (χ0v) is 14.7. The maximum Gasteiger partial charge on any atom is 0.245 e. The minimum absolute atomic E-state index is 0.0513. The molecule has 2 heterocycles. The summed E-state index contributed by atoms with van der Waals surface area (Å²) in [6.45, 7) is 2.60. The second-order valence-corrected chi connectivity index (χ2v) is 6.19. The second-order valence-electron chi connectivity index (χ2n) is 6.19. The largest absolute Gasteiger partial charge is 0.497 e. The van der Waals surface area contributed by atoms with Gasteiger partial charge in [0.25, 0.3) is 0 Å². The van der Waals surface area contributed by atoms with Gasteiger partial charge in [0.1, 0.15) is 24.2 Å². The van der Waals surface area contributed by atoms with Crippen LogP contribution in [0.5, 0.6) is 5.75 Å². The molecule has 1 aliphatic rings. The Labute approximate surface area is 146 Å². The monoisotopic (exact) mass is 342 g/mol. The number of rotatable bonds is 5. The van der Waals surface area contributed by atoms with Crippen molar-refractivity contribution in [2.75, 3.05) is 13.7 Å². The van der Waals surface area contributed by atoms with Crippen LogP contribution in [-0.4, -0.2) is 50.9 Å². The summed E-state index contributed by atoms with van der Waals surface area (Å²) in [7, 11) is 3.49. The van der Waals surface area contributed by atoms with E-state index in [1.165, 1.54) is 0 Å². The zero-order chi connectivity index (χ0) is 18.0. The third kappa shape index (κ3) is 3.50. The topological polar surface area (TPSA) is 67.7 Å². The first-order valence-corrected chi connectivity index (χ1v) is 8.17. The molecule has 7 nitrogen and oxygen atoms in total. The molecule has 25 heavy (non-hydrogen) atoms. The summed E-state index contributed by atoms with van der Waals surface area (Å²) < 4.78 is 6.99. The second kappa shape index (κ2) is 6.96. The number of nitrogens with zero attached hydrogens (tertiary/aromatic N) is 4. The summed E-state index contributed by atoms with van der Waals surface area (Å²) in [5.74, 6) is 1.41.